The molecule has 146 valence electrons. The predicted molar refractivity (Wildman–Crippen MR) is 112 cm³/mol. The van der Waals surface area contributed by atoms with Crippen molar-refractivity contribution >= 4 is 28.5 Å². The highest BCUT2D eigenvalue weighted by atomic mass is 35.5. The van der Waals surface area contributed by atoms with Gasteiger partial charge in [-0.15, -0.1) is 0 Å². The van der Waals surface area contributed by atoms with Crippen LogP contribution in [0.5, 0.6) is 0 Å². The van der Waals surface area contributed by atoms with E-state index in [2.05, 4.69) is 10.1 Å². The van der Waals surface area contributed by atoms with Gasteiger partial charge in [-0.05, 0) is 36.6 Å². The Morgan fingerprint density at radius 2 is 2.00 bits per heavy atom. The van der Waals surface area contributed by atoms with Gasteiger partial charge in [0.15, 0.2) is 0 Å². The molecule has 1 fully saturated rings. The monoisotopic (exact) mass is 405 g/mol. The fraction of sp³-hybridized carbons (Fsp3) is 0.227. The third-order valence-electron chi connectivity index (χ3n) is 5.41. The molecule has 1 aliphatic rings. The van der Waals surface area contributed by atoms with Crippen molar-refractivity contribution in [1.82, 2.24) is 24.6 Å². The van der Waals surface area contributed by atoms with Crippen molar-refractivity contribution in [1.29, 1.82) is 0 Å². The minimum atomic E-state index is -0.0400. The third kappa shape index (κ3) is 3.40. The minimum absolute atomic E-state index is 0.0154. The van der Waals surface area contributed by atoms with E-state index in [1.807, 2.05) is 53.4 Å². The predicted octanol–water partition coefficient (Wildman–Crippen LogP) is 4.44. The molecule has 1 saturated heterocycles. The number of H-pyrrole nitrogens is 1. The number of hydrogen-bond donors (Lipinski definition) is 1. The smallest absolute Gasteiger partial charge is 0.257 e. The van der Waals surface area contributed by atoms with E-state index in [1.54, 1.807) is 17.1 Å². The zero-order valence-electron chi connectivity index (χ0n) is 15.8. The Hall–Kier alpha value is -3.12. The van der Waals surface area contributed by atoms with Crippen LogP contribution in [0.1, 0.15) is 40.6 Å². The van der Waals surface area contributed by atoms with Gasteiger partial charge in [0.05, 0.1) is 35.4 Å². The van der Waals surface area contributed by atoms with Gasteiger partial charge in [-0.3, -0.25) is 9.48 Å². The molecule has 0 aliphatic carbocycles. The summed E-state index contributed by atoms with van der Waals surface area (Å²) in [7, 11) is 0. The van der Waals surface area contributed by atoms with Crippen LogP contribution in [-0.4, -0.2) is 37.1 Å². The van der Waals surface area contributed by atoms with Crippen LogP contribution in [-0.2, 0) is 6.54 Å². The average molecular weight is 406 g/mol. The van der Waals surface area contributed by atoms with Crippen LogP contribution in [0.15, 0.2) is 60.9 Å². The topological polar surface area (TPSA) is 66.8 Å². The summed E-state index contributed by atoms with van der Waals surface area (Å²) in [6, 6.07) is 15.6. The minimum Gasteiger partial charge on any atom is -0.340 e. The number of fused-ring (bicyclic) bond motifs is 1. The van der Waals surface area contributed by atoms with Crippen molar-refractivity contribution < 1.29 is 4.79 Å². The largest absolute Gasteiger partial charge is 0.340 e. The number of benzene rings is 2. The van der Waals surface area contributed by atoms with Crippen molar-refractivity contribution in [2.75, 3.05) is 6.54 Å². The first-order chi connectivity index (χ1) is 14.2. The van der Waals surface area contributed by atoms with E-state index < -0.39 is 0 Å². The van der Waals surface area contributed by atoms with E-state index in [1.165, 1.54) is 0 Å². The van der Waals surface area contributed by atoms with Gasteiger partial charge in [0.25, 0.3) is 5.91 Å². The first kappa shape index (κ1) is 17.9. The van der Waals surface area contributed by atoms with Crippen LogP contribution in [0.25, 0.3) is 11.0 Å². The number of rotatable bonds is 4. The first-order valence-corrected chi connectivity index (χ1v) is 10.1. The standard InChI is InChI=1S/C22H20ClN5O/c23-17-7-2-1-6-15(17)13-27-14-16(12-24-27)22(29)28-11-5-10-20(28)21-25-18-8-3-4-9-19(18)26-21/h1-4,6-9,12,14,20H,5,10-11,13H2,(H,25,26). The molecular weight excluding hydrogens is 386 g/mol. The summed E-state index contributed by atoms with van der Waals surface area (Å²) >= 11 is 6.24. The number of imidazole rings is 1. The molecule has 1 unspecified atom stereocenters. The molecule has 0 saturated carbocycles. The lowest BCUT2D eigenvalue weighted by Gasteiger charge is -2.22. The summed E-state index contributed by atoms with van der Waals surface area (Å²) in [6.45, 7) is 1.25. The molecule has 1 aliphatic heterocycles. The maximum Gasteiger partial charge on any atom is 0.257 e. The maximum absolute atomic E-state index is 13.2. The zero-order chi connectivity index (χ0) is 19.8. The molecule has 0 spiro atoms. The van der Waals surface area contributed by atoms with E-state index in [9.17, 15) is 4.79 Å². The number of aromatic amines is 1. The Morgan fingerprint density at radius 1 is 1.17 bits per heavy atom. The molecule has 7 heteroatoms. The summed E-state index contributed by atoms with van der Waals surface area (Å²) in [4.78, 5) is 23.2. The normalized spacial score (nSPS) is 16.6. The van der Waals surface area contributed by atoms with Crippen LogP contribution >= 0.6 is 11.6 Å². The molecule has 29 heavy (non-hydrogen) atoms. The van der Waals surface area contributed by atoms with E-state index in [4.69, 9.17) is 16.6 Å². The fourth-order valence-corrected chi connectivity index (χ4v) is 4.15. The number of carbonyl (C=O) groups is 1. The number of amides is 1. The van der Waals surface area contributed by atoms with Gasteiger partial charge in [-0.2, -0.15) is 5.10 Å². The molecule has 3 heterocycles. The molecule has 2 aromatic carbocycles. The molecular formula is C22H20ClN5O. The summed E-state index contributed by atoms with van der Waals surface area (Å²) < 4.78 is 1.75. The van der Waals surface area contributed by atoms with Crippen molar-refractivity contribution in [3.63, 3.8) is 0 Å². The Labute approximate surface area is 173 Å². The fourth-order valence-electron chi connectivity index (χ4n) is 3.95. The van der Waals surface area contributed by atoms with Gasteiger partial charge in [0.2, 0.25) is 0 Å². The molecule has 1 atom stereocenters. The lowest BCUT2D eigenvalue weighted by atomic mass is 10.2. The third-order valence-corrected chi connectivity index (χ3v) is 5.78. The van der Waals surface area contributed by atoms with Crippen LogP contribution in [0.3, 0.4) is 0 Å². The summed E-state index contributed by atoms with van der Waals surface area (Å²) in [6.07, 6.45) is 5.29. The Bertz CT molecular complexity index is 1150. The summed E-state index contributed by atoms with van der Waals surface area (Å²) in [5.74, 6) is 0.832. The van der Waals surface area contributed by atoms with Gasteiger partial charge < -0.3 is 9.88 Å². The zero-order valence-corrected chi connectivity index (χ0v) is 16.5. The van der Waals surface area contributed by atoms with E-state index >= 15 is 0 Å². The van der Waals surface area contributed by atoms with Crippen molar-refractivity contribution in [3.05, 3.63) is 82.9 Å². The lowest BCUT2D eigenvalue weighted by molar-refractivity contribution is 0.0730. The quantitative estimate of drug-likeness (QED) is 0.545. The second-order valence-corrected chi connectivity index (χ2v) is 7.72. The highest BCUT2D eigenvalue weighted by molar-refractivity contribution is 6.31. The van der Waals surface area contributed by atoms with Gasteiger partial charge in [0.1, 0.15) is 5.82 Å². The van der Waals surface area contributed by atoms with Crippen LogP contribution in [0.4, 0.5) is 0 Å². The highest BCUT2D eigenvalue weighted by Crippen LogP contribution is 2.32. The number of aromatic nitrogens is 4. The molecule has 1 amide bonds. The van der Waals surface area contributed by atoms with Gasteiger partial charge >= 0.3 is 0 Å². The second kappa shape index (κ2) is 7.37. The summed E-state index contributed by atoms with van der Waals surface area (Å²) in [5, 5.41) is 5.06. The second-order valence-electron chi connectivity index (χ2n) is 7.31. The van der Waals surface area contributed by atoms with E-state index in [-0.39, 0.29) is 11.9 Å². The number of nitrogens with zero attached hydrogens (tertiary/aromatic N) is 4. The Balaban J connectivity index is 1.37. The number of nitrogens with one attached hydrogen (secondary N) is 1. The Morgan fingerprint density at radius 3 is 2.86 bits per heavy atom. The van der Waals surface area contributed by atoms with Gasteiger partial charge in [-0.25, -0.2) is 4.98 Å². The van der Waals surface area contributed by atoms with Crippen LogP contribution in [0, 0.1) is 0 Å². The number of para-hydroxylation sites is 2. The maximum atomic E-state index is 13.2. The van der Waals surface area contributed by atoms with Crippen molar-refractivity contribution in [2.45, 2.75) is 25.4 Å². The average Bonchev–Trinajstić information content (AvgIpc) is 3.48. The van der Waals surface area contributed by atoms with E-state index in [0.29, 0.717) is 17.1 Å². The van der Waals surface area contributed by atoms with Crippen molar-refractivity contribution in [2.24, 2.45) is 0 Å². The SMILES string of the molecule is O=C(c1cnn(Cc2ccccc2Cl)c1)N1CCCC1c1nc2ccccc2[nH]1. The number of likely N-dealkylation sites (tertiary alicyclic amines) is 1. The van der Waals surface area contributed by atoms with Crippen LogP contribution in [0.2, 0.25) is 5.02 Å². The Kier molecular flexibility index (Phi) is 4.56. The van der Waals surface area contributed by atoms with Crippen LogP contribution < -0.4 is 0 Å². The molecule has 5 rings (SSSR count). The molecule has 6 nitrogen and oxygen atoms in total. The van der Waals surface area contributed by atoms with Crippen molar-refractivity contribution in [3.8, 4) is 0 Å². The summed E-state index contributed by atoms with van der Waals surface area (Å²) in [5.41, 5.74) is 3.47. The number of halogens is 1. The van der Waals surface area contributed by atoms with Gasteiger partial charge in [0, 0.05) is 17.8 Å². The first-order valence-electron chi connectivity index (χ1n) is 9.70. The number of hydrogen-bond acceptors (Lipinski definition) is 3. The molecule has 0 radical (unpaired) electrons. The number of carbonyl (C=O) groups excluding carboxylic acids is 1. The highest BCUT2D eigenvalue weighted by Gasteiger charge is 2.33. The lowest BCUT2D eigenvalue weighted by Crippen LogP contribution is -2.30. The molecule has 0 bridgehead atoms. The molecule has 1 N–H and O–H groups in total. The molecule has 4 aromatic rings. The van der Waals surface area contributed by atoms with E-state index in [0.717, 1.165) is 41.8 Å². The molecule has 2 aromatic heterocycles. The van der Waals surface area contributed by atoms with Gasteiger partial charge in [-0.1, -0.05) is 41.9 Å².